The number of benzene rings is 1. The molecule has 0 saturated heterocycles. The molecule has 1 amide bonds. The van der Waals surface area contributed by atoms with Crippen LogP contribution in [0.3, 0.4) is 0 Å². The van der Waals surface area contributed by atoms with E-state index in [2.05, 4.69) is 32.3 Å². The largest absolute Gasteiger partial charge is 0.524 e. The van der Waals surface area contributed by atoms with Gasteiger partial charge in [0.15, 0.2) is 5.65 Å². The number of amides is 1. The van der Waals surface area contributed by atoms with Gasteiger partial charge in [0, 0.05) is 60.6 Å². The molecule has 1 aromatic carbocycles. The number of nitrogens with zero attached hydrogens (tertiary/aromatic N) is 5. The summed E-state index contributed by atoms with van der Waals surface area (Å²) in [6.07, 6.45) is 6.39. The maximum absolute atomic E-state index is 15.8. The summed E-state index contributed by atoms with van der Waals surface area (Å²) in [5, 5.41) is 21.0. The first-order chi connectivity index (χ1) is 20.4. The Bertz CT molecular complexity index is 1970. The number of H-pyrrole nitrogens is 1. The van der Waals surface area contributed by atoms with Gasteiger partial charge >= 0.3 is 0 Å². The summed E-state index contributed by atoms with van der Waals surface area (Å²) in [6.45, 7) is 7.23. The van der Waals surface area contributed by atoms with E-state index < -0.39 is 17.7 Å². The normalized spacial score (nSPS) is 11.8. The van der Waals surface area contributed by atoms with Crippen molar-refractivity contribution in [2.24, 2.45) is 0 Å². The van der Waals surface area contributed by atoms with Crippen molar-refractivity contribution in [2.45, 2.75) is 19.9 Å². The SMILES string of the molecule is C=CC(=O)N[C@H](C)c1cc(-c2nc(-c3ccc4nncn4c3)c3ccsc3c2-c2c(F)cc(F)cc2OC[CH-]C)n[nH]1.[Mo]. The Morgan fingerprint density at radius 2 is 2.07 bits per heavy atom. The third-order valence-electron chi connectivity index (χ3n) is 6.70. The number of carbonyl (C=O) groups is 1. The van der Waals surface area contributed by atoms with Crippen molar-refractivity contribution in [3.63, 3.8) is 0 Å². The zero-order valence-corrected chi connectivity index (χ0v) is 25.8. The van der Waals surface area contributed by atoms with Crippen LogP contribution in [-0.4, -0.2) is 42.3 Å². The van der Waals surface area contributed by atoms with Crippen LogP contribution in [0.5, 0.6) is 5.75 Å². The van der Waals surface area contributed by atoms with Crippen LogP contribution in [0.15, 0.2) is 67.0 Å². The van der Waals surface area contributed by atoms with Crippen molar-refractivity contribution in [1.29, 1.82) is 0 Å². The Hall–Kier alpha value is -4.28. The van der Waals surface area contributed by atoms with E-state index in [1.807, 2.05) is 29.8 Å². The molecular weight excluding hydrogens is 656 g/mol. The maximum Gasteiger partial charge on any atom is 0.243 e. The summed E-state index contributed by atoms with van der Waals surface area (Å²) in [5.41, 5.74) is 3.92. The van der Waals surface area contributed by atoms with Crippen LogP contribution < -0.4 is 10.1 Å². The standard InChI is InChI=1S/C30H24F2N7O2S.Mo/c1-4-9-41-23-12-18(31)11-20(32)26(23)27-29(22-13-21(36-37-22)16(3)34-25(40)5-2)35-28(19-8-10-42-30(19)27)17-6-7-24-38-33-15-39(24)14-17;/h4-8,10-16H,2,9H2,1,3H3,(H,34,40)(H,36,37);/q-1;/t16-;/m1./s1. The van der Waals surface area contributed by atoms with Crippen molar-refractivity contribution < 1.29 is 39.4 Å². The second kappa shape index (κ2) is 12.5. The average molecular weight is 681 g/mol. The molecule has 0 saturated carbocycles. The molecule has 218 valence electrons. The molecular formula is C30H24F2MoN7O2S-. The number of carbonyl (C=O) groups excluding carboxylic acids is 1. The van der Waals surface area contributed by atoms with Gasteiger partial charge in [-0.2, -0.15) is 12.0 Å². The molecule has 0 bridgehead atoms. The zero-order chi connectivity index (χ0) is 29.4. The zero-order valence-electron chi connectivity index (χ0n) is 23.0. The van der Waals surface area contributed by atoms with E-state index in [-0.39, 0.29) is 44.9 Å². The minimum atomic E-state index is -0.792. The first-order valence-corrected chi connectivity index (χ1v) is 13.9. The third kappa shape index (κ3) is 5.72. The molecule has 0 radical (unpaired) electrons. The Morgan fingerprint density at radius 1 is 1.23 bits per heavy atom. The number of fused-ring (bicyclic) bond motifs is 2. The van der Waals surface area contributed by atoms with Crippen LogP contribution in [-0.2, 0) is 25.9 Å². The van der Waals surface area contributed by atoms with Gasteiger partial charge < -0.3 is 10.1 Å². The quantitative estimate of drug-likeness (QED) is 0.105. The number of aromatic amines is 1. The van der Waals surface area contributed by atoms with Crippen molar-refractivity contribution in [1.82, 2.24) is 35.1 Å². The van der Waals surface area contributed by atoms with Crippen molar-refractivity contribution in [3.05, 3.63) is 90.7 Å². The molecule has 9 nitrogen and oxygen atoms in total. The minimum absolute atomic E-state index is 0. The summed E-state index contributed by atoms with van der Waals surface area (Å²) < 4.78 is 38.5. The fourth-order valence-corrected chi connectivity index (χ4v) is 5.69. The molecule has 5 heterocycles. The van der Waals surface area contributed by atoms with Crippen LogP contribution in [0.4, 0.5) is 8.78 Å². The molecule has 0 aliphatic carbocycles. The molecule has 0 spiro atoms. The average Bonchev–Trinajstić information content (AvgIpc) is 3.76. The van der Waals surface area contributed by atoms with Crippen LogP contribution in [0.25, 0.3) is 49.5 Å². The number of hydrogen-bond donors (Lipinski definition) is 2. The third-order valence-corrected chi connectivity index (χ3v) is 7.63. The van der Waals surface area contributed by atoms with E-state index >= 15 is 4.39 Å². The van der Waals surface area contributed by atoms with Crippen LogP contribution in [0.1, 0.15) is 25.6 Å². The maximum atomic E-state index is 15.8. The number of aromatic nitrogens is 6. The fraction of sp³-hybridized carbons (Fsp3) is 0.133. The van der Waals surface area contributed by atoms with Gasteiger partial charge in [-0.3, -0.25) is 20.7 Å². The number of rotatable bonds is 9. The van der Waals surface area contributed by atoms with E-state index in [9.17, 15) is 9.18 Å². The van der Waals surface area contributed by atoms with Crippen LogP contribution >= 0.6 is 11.3 Å². The predicted molar refractivity (Wildman–Crippen MR) is 157 cm³/mol. The second-order valence-electron chi connectivity index (χ2n) is 9.48. The van der Waals surface area contributed by atoms with Gasteiger partial charge in [-0.25, -0.2) is 13.8 Å². The molecule has 5 aromatic heterocycles. The number of ether oxygens (including phenoxy) is 1. The van der Waals surface area contributed by atoms with Gasteiger partial charge in [-0.1, -0.05) is 6.58 Å². The number of halogens is 2. The second-order valence-corrected chi connectivity index (χ2v) is 10.4. The summed E-state index contributed by atoms with van der Waals surface area (Å²) >= 11 is 1.40. The van der Waals surface area contributed by atoms with Gasteiger partial charge in [0.1, 0.15) is 35.1 Å². The number of hydrogen-bond acceptors (Lipinski definition) is 7. The number of nitrogens with one attached hydrogen (secondary N) is 2. The Kier molecular flexibility index (Phi) is 8.79. The molecule has 0 unspecified atom stereocenters. The van der Waals surface area contributed by atoms with Gasteiger partial charge in [0.25, 0.3) is 0 Å². The monoisotopic (exact) mass is 682 g/mol. The smallest absolute Gasteiger partial charge is 0.243 e. The number of thiophene rings is 1. The number of pyridine rings is 2. The summed E-state index contributed by atoms with van der Waals surface area (Å²) in [6, 6.07) is 8.95. The molecule has 0 aliphatic rings. The van der Waals surface area contributed by atoms with E-state index in [0.29, 0.717) is 38.7 Å². The predicted octanol–water partition coefficient (Wildman–Crippen LogP) is 6.30. The topological polar surface area (TPSA) is 110 Å². The van der Waals surface area contributed by atoms with Crippen LogP contribution in [0, 0.1) is 18.1 Å². The molecule has 6 rings (SSSR count). The Labute approximate surface area is 263 Å². The van der Waals surface area contributed by atoms with E-state index in [1.165, 1.54) is 23.5 Å². The van der Waals surface area contributed by atoms with E-state index in [4.69, 9.17) is 9.72 Å². The first kappa shape index (κ1) is 30.2. The van der Waals surface area contributed by atoms with Crippen LogP contribution in [0.2, 0.25) is 0 Å². The van der Waals surface area contributed by atoms with Crippen molar-refractivity contribution >= 4 is 33.0 Å². The molecule has 13 heteroatoms. The first-order valence-electron chi connectivity index (χ1n) is 13.0. The summed E-state index contributed by atoms with van der Waals surface area (Å²) in [7, 11) is 0. The molecule has 1 atom stereocenters. The fourth-order valence-electron chi connectivity index (χ4n) is 4.74. The van der Waals surface area contributed by atoms with Crippen molar-refractivity contribution in [3.8, 4) is 39.5 Å². The summed E-state index contributed by atoms with van der Waals surface area (Å²) in [5.74, 6) is -1.84. The Balaban J connectivity index is 0.00000368. The molecule has 0 aliphatic heterocycles. The van der Waals surface area contributed by atoms with Gasteiger partial charge in [-0.05, 0) is 49.3 Å². The van der Waals surface area contributed by atoms with Crippen molar-refractivity contribution in [2.75, 3.05) is 6.61 Å². The molecule has 2 N–H and O–H groups in total. The summed E-state index contributed by atoms with van der Waals surface area (Å²) in [4.78, 5) is 17.0. The molecule has 43 heavy (non-hydrogen) atoms. The van der Waals surface area contributed by atoms with E-state index in [0.717, 1.165) is 17.0 Å². The van der Waals surface area contributed by atoms with Gasteiger partial charge in [0.2, 0.25) is 5.91 Å². The Morgan fingerprint density at radius 3 is 2.86 bits per heavy atom. The van der Waals surface area contributed by atoms with Gasteiger partial charge in [-0.15, -0.1) is 21.5 Å². The minimum Gasteiger partial charge on any atom is -0.524 e. The van der Waals surface area contributed by atoms with Gasteiger partial charge in [0.05, 0.1) is 23.0 Å². The molecule has 6 aromatic rings. The molecule has 0 fully saturated rings. The van der Waals surface area contributed by atoms with E-state index in [1.54, 1.807) is 37.1 Å².